The van der Waals surface area contributed by atoms with E-state index in [1.165, 1.54) is 25.3 Å². The van der Waals surface area contributed by atoms with Gasteiger partial charge in [0, 0.05) is 22.8 Å². The number of hydrogen-bond acceptors (Lipinski definition) is 2. The van der Waals surface area contributed by atoms with Crippen LogP contribution in [-0.2, 0) is 11.3 Å². The molecule has 0 spiro atoms. The molecule has 4 nitrogen and oxygen atoms in total. The number of aromatic nitrogens is 2. The normalized spacial score (nSPS) is 31.3. The Balaban J connectivity index is 1.30. The fraction of sp³-hybridized carbons (Fsp3) is 0.524. The first kappa shape index (κ1) is 17.2. The predicted molar refractivity (Wildman–Crippen MR) is 102 cm³/mol. The van der Waals surface area contributed by atoms with Gasteiger partial charge in [-0.05, 0) is 68.4 Å². The number of amides is 1. The first-order valence-corrected chi connectivity index (χ1v) is 10.2. The summed E-state index contributed by atoms with van der Waals surface area (Å²) in [5.41, 5.74) is 0.203. The van der Waals surface area contributed by atoms with Crippen molar-refractivity contribution in [1.82, 2.24) is 9.78 Å². The van der Waals surface area contributed by atoms with E-state index in [0.717, 1.165) is 37.0 Å². The molecule has 0 radical (unpaired) electrons. The van der Waals surface area contributed by atoms with Gasteiger partial charge in [-0.15, -0.1) is 0 Å². The Kier molecular flexibility index (Phi) is 4.04. The maximum Gasteiger partial charge on any atom is 0.231 e. The van der Waals surface area contributed by atoms with E-state index in [2.05, 4.69) is 10.4 Å². The lowest BCUT2D eigenvalue weighted by atomic mass is 9.49. The van der Waals surface area contributed by atoms with Gasteiger partial charge >= 0.3 is 0 Å². The summed E-state index contributed by atoms with van der Waals surface area (Å²) >= 11 is 6.10. The van der Waals surface area contributed by atoms with E-state index in [1.807, 2.05) is 0 Å². The fourth-order valence-electron chi connectivity index (χ4n) is 6.00. The van der Waals surface area contributed by atoms with Gasteiger partial charge in [0.05, 0.1) is 12.0 Å². The summed E-state index contributed by atoms with van der Waals surface area (Å²) in [5, 5.41) is 7.83. The van der Waals surface area contributed by atoms with Crippen molar-refractivity contribution in [1.29, 1.82) is 0 Å². The Morgan fingerprint density at radius 3 is 2.48 bits per heavy atom. The van der Waals surface area contributed by atoms with Gasteiger partial charge in [-0.25, -0.2) is 4.39 Å². The molecule has 6 rings (SSSR count). The van der Waals surface area contributed by atoms with Crippen LogP contribution in [0.5, 0.6) is 0 Å². The van der Waals surface area contributed by atoms with Gasteiger partial charge in [0.2, 0.25) is 5.91 Å². The number of benzene rings is 1. The summed E-state index contributed by atoms with van der Waals surface area (Å²) in [7, 11) is 0. The summed E-state index contributed by atoms with van der Waals surface area (Å²) in [6.45, 7) is 0.235. The third kappa shape index (κ3) is 3.06. The summed E-state index contributed by atoms with van der Waals surface area (Å²) in [6, 6.07) is 6.41. The van der Waals surface area contributed by atoms with Gasteiger partial charge in [0.15, 0.2) is 5.82 Å². The van der Waals surface area contributed by atoms with Crippen molar-refractivity contribution in [2.45, 2.75) is 45.1 Å². The molecule has 142 valence electrons. The van der Waals surface area contributed by atoms with Crippen LogP contribution in [0.2, 0.25) is 5.02 Å². The number of rotatable bonds is 4. The Bertz CT molecular complexity index is 838. The largest absolute Gasteiger partial charge is 0.309 e. The zero-order valence-corrected chi connectivity index (χ0v) is 15.9. The lowest BCUT2D eigenvalue weighted by Crippen LogP contribution is -2.51. The standard InChI is InChI=1S/C21H23ClFN3O/c22-17-2-1-3-18(23)16(17)12-26-5-4-19(25-26)24-20(27)21-9-13-6-14(10-21)8-15(7-13)11-21/h1-5,13-15H,6-12H2,(H,24,25,27). The van der Waals surface area contributed by atoms with Crippen molar-refractivity contribution < 1.29 is 9.18 Å². The third-order valence-corrected chi connectivity index (χ3v) is 7.14. The van der Waals surface area contributed by atoms with Crippen molar-refractivity contribution in [3.8, 4) is 0 Å². The molecule has 1 aromatic heterocycles. The minimum absolute atomic E-state index is 0.121. The second kappa shape index (κ2) is 6.33. The van der Waals surface area contributed by atoms with Crippen LogP contribution in [0.1, 0.15) is 44.1 Å². The smallest absolute Gasteiger partial charge is 0.231 e. The maximum atomic E-state index is 14.0. The first-order valence-electron chi connectivity index (χ1n) is 9.78. The summed E-state index contributed by atoms with van der Waals surface area (Å²) < 4.78 is 15.6. The number of carbonyl (C=O) groups is 1. The Morgan fingerprint density at radius 1 is 1.19 bits per heavy atom. The van der Waals surface area contributed by atoms with Crippen molar-refractivity contribution in [2.75, 3.05) is 5.32 Å². The minimum atomic E-state index is -0.350. The number of hydrogen-bond donors (Lipinski definition) is 1. The molecule has 0 unspecified atom stereocenters. The zero-order valence-electron chi connectivity index (χ0n) is 15.1. The number of anilines is 1. The number of halogens is 2. The molecule has 4 fully saturated rings. The molecule has 0 aliphatic heterocycles. The quantitative estimate of drug-likeness (QED) is 0.812. The van der Waals surface area contributed by atoms with E-state index in [4.69, 9.17) is 11.6 Å². The minimum Gasteiger partial charge on any atom is -0.309 e. The molecular weight excluding hydrogens is 365 g/mol. The molecule has 1 N–H and O–H groups in total. The molecule has 6 heteroatoms. The average molecular weight is 388 g/mol. The Labute approximate surface area is 163 Å². The van der Waals surface area contributed by atoms with Crippen LogP contribution in [0, 0.1) is 29.0 Å². The molecule has 0 atom stereocenters. The van der Waals surface area contributed by atoms with Crippen LogP contribution < -0.4 is 5.32 Å². The average Bonchev–Trinajstić information content (AvgIpc) is 3.04. The summed E-state index contributed by atoms with van der Waals surface area (Å²) in [4.78, 5) is 13.1. The van der Waals surface area contributed by atoms with Crippen LogP contribution in [0.3, 0.4) is 0 Å². The molecule has 4 bridgehead atoms. The molecule has 4 saturated carbocycles. The van der Waals surface area contributed by atoms with E-state index < -0.39 is 0 Å². The van der Waals surface area contributed by atoms with E-state index >= 15 is 0 Å². The predicted octanol–water partition coefficient (Wildman–Crippen LogP) is 4.88. The van der Waals surface area contributed by atoms with Crippen molar-refractivity contribution in [3.05, 3.63) is 46.9 Å². The fourth-order valence-corrected chi connectivity index (χ4v) is 6.22. The van der Waals surface area contributed by atoms with E-state index in [1.54, 1.807) is 29.1 Å². The van der Waals surface area contributed by atoms with Gasteiger partial charge in [-0.2, -0.15) is 5.10 Å². The molecule has 1 heterocycles. The van der Waals surface area contributed by atoms with Gasteiger partial charge in [0.25, 0.3) is 0 Å². The van der Waals surface area contributed by atoms with Crippen LogP contribution in [0.15, 0.2) is 30.5 Å². The molecular formula is C21H23ClFN3O. The third-order valence-electron chi connectivity index (χ3n) is 6.78. The van der Waals surface area contributed by atoms with Crippen LogP contribution in [-0.4, -0.2) is 15.7 Å². The van der Waals surface area contributed by atoms with Crippen LogP contribution >= 0.6 is 11.6 Å². The van der Waals surface area contributed by atoms with Gasteiger partial charge in [-0.3, -0.25) is 9.48 Å². The molecule has 4 aliphatic rings. The SMILES string of the molecule is O=C(Nc1ccn(Cc2c(F)cccc2Cl)n1)C12CC3CC(CC(C3)C1)C2. The maximum absolute atomic E-state index is 14.0. The van der Waals surface area contributed by atoms with Gasteiger partial charge in [-0.1, -0.05) is 17.7 Å². The van der Waals surface area contributed by atoms with Crippen molar-refractivity contribution >= 4 is 23.3 Å². The van der Waals surface area contributed by atoms with Crippen LogP contribution in [0.25, 0.3) is 0 Å². The summed E-state index contributed by atoms with van der Waals surface area (Å²) in [6.07, 6.45) is 8.75. The van der Waals surface area contributed by atoms with Crippen molar-refractivity contribution in [3.63, 3.8) is 0 Å². The highest BCUT2D eigenvalue weighted by Crippen LogP contribution is 2.60. The van der Waals surface area contributed by atoms with Crippen molar-refractivity contribution in [2.24, 2.45) is 23.2 Å². The number of carbonyl (C=O) groups excluding carboxylic acids is 1. The lowest BCUT2D eigenvalue weighted by Gasteiger charge is -2.55. The topological polar surface area (TPSA) is 46.9 Å². The molecule has 1 aromatic carbocycles. The monoisotopic (exact) mass is 387 g/mol. The van der Waals surface area contributed by atoms with E-state index in [-0.39, 0.29) is 23.7 Å². The van der Waals surface area contributed by atoms with Gasteiger partial charge in [0.1, 0.15) is 5.82 Å². The Morgan fingerprint density at radius 2 is 1.85 bits per heavy atom. The molecule has 2 aromatic rings. The number of nitrogens with one attached hydrogen (secondary N) is 1. The highest BCUT2D eigenvalue weighted by Gasteiger charge is 2.54. The van der Waals surface area contributed by atoms with E-state index in [0.29, 0.717) is 16.4 Å². The number of nitrogens with zero attached hydrogens (tertiary/aromatic N) is 2. The van der Waals surface area contributed by atoms with Crippen LogP contribution in [0.4, 0.5) is 10.2 Å². The van der Waals surface area contributed by atoms with Gasteiger partial charge < -0.3 is 5.32 Å². The highest BCUT2D eigenvalue weighted by atomic mass is 35.5. The molecule has 27 heavy (non-hydrogen) atoms. The first-order chi connectivity index (χ1) is 13.0. The highest BCUT2D eigenvalue weighted by molar-refractivity contribution is 6.31. The second-order valence-electron chi connectivity index (χ2n) is 8.75. The molecule has 4 aliphatic carbocycles. The second-order valence-corrected chi connectivity index (χ2v) is 9.16. The molecule has 1 amide bonds. The van der Waals surface area contributed by atoms with E-state index in [9.17, 15) is 9.18 Å². The lowest BCUT2D eigenvalue weighted by molar-refractivity contribution is -0.140. The summed E-state index contributed by atoms with van der Waals surface area (Å²) in [5.74, 6) is 2.48. The zero-order chi connectivity index (χ0) is 18.6. The Hall–Kier alpha value is -1.88. The molecule has 0 saturated heterocycles.